The Morgan fingerprint density at radius 2 is 1.57 bits per heavy atom. The summed E-state index contributed by atoms with van der Waals surface area (Å²) < 4.78 is 4.47. The summed E-state index contributed by atoms with van der Waals surface area (Å²) in [4.78, 5) is 35.0. The Kier molecular flexibility index (Phi) is 5.61. The van der Waals surface area contributed by atoms with Crippen molar-refractivity contribution in [2.24, 2.45) is 0 Å². The predicted molar refractivity (Wildman–Crippen MR) is 86.4 cm³/mol. The quantitative estimate of drug-likeness (QED) is 0.468. The monoisotopic (exact) mass is 308 g/mol. The molecule has 4 heteroatoms. The lowest BCUT2D eigenvalue weighted by atomic mass is 9.84. The van der Waals surface area contributed by atoms with Crippen LogP contribution in [0, 0.1) is 0 Å². The van der Waals surface area contributed by atoms with Crippen LogP contribution < -0.4 is 0 Å². The third kappa shape index (κ3) is 4.02. The average molecular weight is 308 g/mol. The molecule has 4 nitrogen and oxygen atoms in total. The Balaban J connectivity index is 2.43. The third-order valence-electron chi connectivity index (χ3n) is 3.55. The zero-order valence-electron chi connectivity index (χ0n) is 12.7. The van der Waals surface area contributed by atoms with Crippen molar-refractivity contribution >= 4 is 23.3 Å². The van der Waals surface area contributed by atoms with Crippen LogP contribution in [0.3, 0.4) is 0 Å². The van der Waals surface area contributed by atoms with Gasteiger partial charge in [0.1, 0.15) is 5.94 Å². The van der Waals surface area contributed by atoms with Gasteiger partial charge in [0.25, 0.3) is 0 Å². The number of hydrogen-bond donors (Lipinski definition) is 0. The molecule has 0 radical (unpaired) electrons. The number of hydrogen-bond acceptors (Lipinski definition) is 4. The minimum atomic E-state index is -0.913. The number of esters is 1. The molecule has 0 aliphatic heterocycles. The predicted octanol–water partition coefficient (Wildman–Crippen LogP) is 2.82. The molecule has 0 bridgehead atoms. The Morgan fingerprint density at radius 1 is 1.00 bits per heavy atom. The molecule has 0 heterocycles. The van der Waals surface area contributed by atoms with E-state index in [-0.39, 0.29) is 6.42 Å². The fourth-order valence-electron chi connectivity index (χ4n) is 2.40. The SMILES string of the molecule is COC(=O)C(=O)CC(C(=C=O)c1ccccc1)c1ccccc1. The molecule has 0 saturated carbocycles. The van der Waals surface area contributed by atoms with Crippen LogP contribution in [0.5, 0.6) is 0 Å². The van der Waals surface area contributed by atoms with Crippen molar-refractivity contribution in [3.05, 3.63) is 71.8 Å². The second-order valence-corrected chi connectivity index (χ2v) is 4.96. The van der Waals surface area contributed by atoms with Crippen LogP contribution in [-0.4, -0.2) is 24.8 Å². The Morgan fingerprint density at radius 3 is 2.09 bits per heavy atom. The summed E-state index contributed by atoms with van der Waals surface area (Å²) in [6.07, 6.45) is -0.143. The summed E-state index contributed by atoms with van der Waals surface area (Å²) in [7, 11) is 1.16. The maximum Gasteiger partial charge on any atom is 0.374 e. The van der Waals surface area contributed by atoms with Crippen LogP contribution in [-0.2, 0) is 19.1 Å². The summed E-state index contributed by atoms with van der Waals surface area (Å²) in [5.74, 6) is -0.200. The van der Waals surface area contributed by atoms with Crippen molar-refractivity contribution < 1.29 is 19.1 Å². The van der Waals surface area contributed by atoms with E-state index in [4.69, 9.17) is 0 Å². The molecule has 0 saturated heterocycles. The normalized spacial score (nSPS) is 11.2. The second kappa shape index (κ2) is 7.87. The molecule has 0 aliphatic carbocycles. The molecule has 0 amide bonds. The van der Waals surface area contributed by atoms with E-state index in [1.54, 1.807) is 24.3 Å². The van der Waals surface area contributed by atoms with Crippen molar-refractivity contribution in [3.63, 3.8) is 0 Å². The number of carbonyl (C=O) groups excluding carboxylic acids is 3. The Hall–Kier alpha value is -2.97. The van der Waals surface area contributed by atoms with E-state index < -0.39 is 17.7 Å². The number of benzene rings is 2. The highest BCUT2D eigenvalue weighted by molar-refractivity contribution is 6.34. The van der Waals surface area contributed by atoms with Gasteiger partial charge in [0.2, 0.25) is 5.78 Å². The van der Waals surface area contributed by atoms with Crippen LogP contribution in [0.1, 0.15) is 23.5 Å². The maximum absolute atomic E-state index is 12.0. The van der Waals surface area contributed by atoms with E-state index in [0.29, 0.717) is 11.1 Å². The van der Waals surface area contributed by atoms with Crippen LogP contribution in [0.25, 0.3) is 5.57 Å². The molecular weight excluding hydrogens is 292 g/mol. The second-order valence-electron chi connectivity index (χ2n) is 4.96. The molecule has 2 aromatic rings. The van der Waals surface area contributed by atoms with E-state index in [0.717, 1.165) is 12.7 Å². The van der Waals surface area contributed by atoms with Crippen LogP contribution in [0.2, 0.25) is 0 Å². The van der Waals surface area contributed by atoms with Gasteiger partial charge in [-0.1, -0.05) is 60.7 Å². The molecule has 0 aromatic heterocycles. The van der Waals surface area contributed by atoms with E-state index >= 15 is 0 Å². The summed E-state index contributed by atoms with van der Waals surface area (Å²) in [6, 6.07) is 18.1. The smallest absolute Gasteiger partial charge is 0.374 e. The molecule has 0 fully saturated rings. The number of ether oxygens (including phenoxy) is 1. The zero-order chi connectivity index (χ0) is 16.7. The van der Waals surface area contributed by atoms with E-state index in [1.165, 1.54) is 0 Å². The average Bonchev–Trinajstić information content (AvgIpc) is 2.62. The van der Waals surface area contributed by atoms with Gasteiger partial charge in [0.05, 0.1) is 12.7 Å². The standard InChI is InChI=1S/C19H16O4/c1-23-19(22)18(21)12-16(14-8-4-2-5-9-14)17(13-20)15-10-6-3-7-11-15/h2-11,16H,12H2,1H3. The summed E-state index contributed by atoms with van der Waals surface area (Å²) >= 11 is 0. The van der Waals surface area contributed by atoms with Crippen molar-refractivity contribution in [2.45, 2.75) is 12.3 Å². The number of methoxy groups -OCH3 is 1. The molecule has 1 unspecified atom stereocenters. The molecule has 1 atom stereocenters. The third-order valence-corrected chi connectivity index (χ3v) is 3.55. The minimum absolute atomic E-state index is 0.143. The number of rotatable bonds is 6. The maximum atomic E-state index is 12.0. The summed E-state index contributed by atoms with van der Waals surface area (Å²) in [5.41, 5.74) is 1.79. The van der Waals surface area contributed by atoms with Crippen molar-refractivity contribution in [1.29, 1.82) is 0 Å². The van der Waals surface area contributed by atoms with Crippen molar-refractivity contribution in [1.82, 2.24) is 0 Å². The molecule has 0 spiro atoms. The van der Waals surface area contributed by atoms with Gasteiger partial charge in [0.15, 0.2) is 0 Å². The Labute approximate surface area is 134 Å². The first-order valence-corrected chi connectivity index (χ1v) is 7.14. The van der Waals surface area contributed by atoms with Gasteiger partial charge in [-0.05, 0) is 11.1 Å². The van der Waals surface area contributed by atoms with Gasteiger partial charge in [-0.15, -0.1) is 0 Å². The van der Waals surface area contributed by atoms with Crippen LogP contribution in [0.15, 0.2) is 60.7 Å². The minimum Gasteiger partial charge on any atom is -0.463 e. The molecule has 0 N–H and O–H groups in total. The van der Waals surface area contributed by atoms with Crippen molar-refractivity contribution in [2.75, 3.05) is 7.11 Å². The van der Waals surface area contributed by atoms with Gasteiger partial charge >= 0.3 is 5.97 Å². The van der Waals surface area contributed by atoms with E-state index in [9.17, 15) is 14.4 Å². The van der Waals surface area contributed by atoms with Crippen LogP contribution >= 0.6 is 0 Å². The molecule has 23 heavy (non-hydrogen) atoms. The lowest BCUT2D eigenvalue weighted by Gasteiger charge is -2.17. The number of carbonyl (C=O) groups is 2. The largest absolute Gasteiger partial charge is 0.463 e. The zero-order valence-corrected chi connectivity index (χ0v) is 12.7. The highest BCUT2D eigenvalue weighted by Gasteiger charge is 2.26. The lowest BCUT2D eigenvalue weighted by Crippen LogP contribution is -2.19. The highest BCUT2D eigenvalue weighted by Crippen LogP contribution is 2.33. The molecule has 2 rings (SSSR count). The first kappa shape index (κ1) is 16.4. The van der Waals surface area contributed by atoms with Gasteiger partial charge < -0.3 is 4.74 Å². The fourth-order valence-corrected chi connectivity index (χ4v) is 2.40. The van der Waals surface area contributed by atoms with Gasteiger partial charge in [0, 0.05) is 12.3 Å². The number of Topliss-reactive ketones (excluding diaryl/α,β-unsaturated/α-hetero) is 1. The molecule has 116 valence electrons. The lowest BCUT2D eigenvalue weighted by molar-refractivity contribution is -0.151. The number of ketones is 1. The van der Waals surface area contributed by atoms with Gasteiger partial charge in [-0.25, -0.2) is 9.59 Å². The summed E-state index contributed by atoms with van der Waals surface area (Å²) in [6.45, 7) is 0. The molecule has 0 aliphatic rings. The number of allylic oxidation sites excluding steroid dienone is 1. The van der Waals surface area contributed by atoms with E-state index in [2.05, 4.69) is 4.74 Å². The van der Waals surface area contributed by atoms with Gasteiger partial charge in [-0.2, -0.15) is 0 Å². The topological polar surface area (TPSA) is 60.4 Å². The fraction of sp³-hybridized carbons (Fsp3) is 0.158. The van der Waals surface area contributed by atoms with Crippen LogP contribution in [0.4, 0.5) is 0 Å². The highest BCUT2D eigenvalue weighted by atomic mass is 16.5. The van der Waals surface area contributed by atoms with Crippen molar-refractivity contribution in [3.8, 4) is 0 Å². The molecular formula is C19H16O4. The summed E-state index contributed by atoms with van der Waals surface area (Å²) in [5, 5.41) is 0. The first-order chi connectivity index (χ1) is 11.2. The first-order valence-electron chi connectivity index (χ1n) is 7.14. The van der Waals surface area contributed by atoms with Gasteiger partial charge in [-0.3, -0.25) is 4.79 Å². The molecule has 2 aromatic carbocycles. The Bertz CT molecular complexity index is 728. The van der Waals surface area contributed by atoms with E-state index in [1.807, 2.05) is 42.3 Å².